The summed E-state index contributed by atoms with van der Waals surface area (Å²) in [6.07, 6.45) is -1.01. The molecule has 8 heteroatoms. The van der Waals surface area contributed by atoms with Crippen molar-refractivity contribution in [1.29, 1.82) is 0 Å². The second-order valence-corrected chi connectivity index (χ2v) is 7.54. The number of amides is 1. The van der Waals surface area contributed by atoms with Gasteiger partial charge in [0.15, 0.2) is 11.5 Å². The van der Waals surface area contributed by atoms with Gasteiger partial charge in [-0.3, -0.25) is 14.2 Å². The summed E-state index contributed by atoms with van der Waals surface area (Å²) in [5.41, 5.74) is 8.53. The first-order chi connectivity index (χ1) is 14.8. The first-order valence-corrected chi connectivity index (χ1v) is 10.1. The van der Waals surface area contributed by atoms with Gasteiger partial charge in [0, 0.05) is 23.4 Å². The van der Waals surface area contributed by atoms with Crippen LogP contribution >= 0.6 is 0 Å². The lowest BCUT2D eigenvalue weighted by Crippen LogP contribution is -2.48. The van der Waals surface area contributed by atoms with Crippen molar-refractivity contribution < 1.29 is 14.3 Å². The number of ketones is 1. The van der Waals surface area contributed by atoms with Gasteiger partial charge in [-0.2, -0.15) is 0 Å². The molecule has 4 rings (SSSR count). The van der Waals surface area contributed by atoms with Gasteiger partial charge in [-0.1, -0.05) is 30.3 Å². The number of hydrogen-bond donors (Lipinski definition) is 3. The van der Waals surface area contributed by atoms with E-state index in [1.54, 1.807) is 19.1 Å². The molecule has 0 radical (unpaired) electrons. The van der Waals surface area contributed by atoms with Crippen LogP contribution < -0.4 is 21.5 Å². The molecule has 2 atom stereocenters. The van der Waals surface area contributed by atoms with Crippen LogP contribution in [0.4, 0.5) is 0 Å². The predicted octanol–water partition coefficient (Wildman–Crippen LogP) is 2.09. The van der Waals surface area contributed by atoms with Crippen molar-refractivity contribution in [3.8, 4) is 5.75 Å². The Kier molecular flexibility index (Phi) is 5.14. The van der Waals surface area contributed by atoms with Crippen LogP contribution in [0.25, 0.3) is 16.6 Å². The highest BCUT2D eigenvalue weighted by atomic mass is 16.5. The van der Waals surface area contributed by atoms with Crippen LogP contribution in [-0.4, -0.2) is 33.9 Å². The molecule has 0 bridgehead atoms. The second-order valence-electron chi connectivity index (χ2n) is 7.54. The van der Waals surface area contributed by atoms with Crippen molar-refractivity contribution in [1.82, 2.24) is 14.9 Å². The molecule has 1 amide bonds. The van der Waals surface area contributed by atoms with Gasteiger partial charge in [-0.15, -0.1) is 0 Å². The summed E-state index contributed by atoms with van der Waals surface area (Å²) in [7, 11) is 0. The van der Waals surface area contributed by atoms with Crippen molar-refractivity contribution in [2.24, 2.45) is 5.73 Å². The number of carbonyl (C=O) groups excluding carboxylic acids is 2. The molecular formula is C23H24N4O4. The molecular weight excluding hydrogens is 396 g/mol. The van der Waals surface area contributed by atoms with Gasteiger partial charge in [0.1, 0.15) is 11.6 Å². The minimum absolute atomic E-state index is 0.233. The van der Waals surface area contributed by atoms with Gasteiger partial charge >= 0.3 is 5.69 Å². The molecule has 1 aliphatic rings. The third-order valence-corrected chi connectivity index (χ3v) is 5.41. The van der Waals surface area contributed by atoms with Crippen LogP contribution in [0.15, 0.2) is 53.0 Å². The lowest BCUT2D eigenvalue weighted by atomic mass is 9.95. The number of Topliss-reactive ketones (excluding diaryl/α,β-unsaturated/α-hetero) is 1. The number of imidazole rings is 1. The van der Waals surface area contributed by atoms with Crippen LogP contribution in [0.5, 0.6) is 5.75 Å². The number of benzene rings is 2. The number of nitrogens with zero attached hydrogens (tertiary/aromatic N) is 1. The van der Waals surface area contributed by atoms with Crippen molar-refractivity contribution in [2.75, 3.05) is 6.54 Å². The fraction of sp³-hybridized carbons (Fsp3) is 0.261. The first kappa shape index (κ1) is 20.5. The second kappa shape index (κ2) is 7.79. The maximum absolute atomic E-state index is 13.0. The maximum atomic E-state index is 13.0. The first-order valence-electron chi connectivity index (χ1n) is 10.1. The van der Waals surface area contributed by atoms with Gasteiger partial charge in [-0.05, 0) is 38.5 Å². The highest BCUT2D eigenvalue weighted by Crippen LogP contribution is 2.42. The lowest BCUT2D eigenvalue weighted by molar-refractivity contribution is -0.129. The average molecular weight is 420 g/mol. The van der Waals surface area contributed by atoms with E-state index in [9.17, 15) is 14.4 Å². The van der Waals surface area contributed by atoms with E-state index < -0.39 is 12.1 Å². The summed E-state index contributed by atoms with van der Waals surface area (Å²) in [4.78, 5) is 41.2. The Labute approximate surface area is 178 Å². The SMILES string of the molecule is CCNC(=O)C1Oc2c(C(C(C)=O)=C(C)N)ccc3[nH]c(=O)n(c23)C1c1ccccc1. The normalized spacial score (nSPS) is 18.3. The van der Waals surface area contributed by atoms with E-state index in [1.165, 1.54) is 11.5 Å². The largest absolute Gasteiger partial charge is 0.475 e. The Balaban J connectivity index is 2.06. The van der Waals surface area contributed by atoms with Gasteiger partial charge in [-0.25, -0.2) is 4.79 Å². The van der Waals surface area contributed by atoms with Gasteiger partial charge in [0.2, 0.25) is 6.10 Å². The zero-order valence-electron chi connectivity index (χ0n) is 17.6. The Morgan fingerprint density at radius 3 is 2.48 bits per heavy atom. The van der Waals surface area contributed by atoms with Gasteiger partial charge < -0.3 is 20.8 Å². The number of hydrogen-bond acceptors (Lipinski definition) is 5. The van der Waals surface area contributed by atoms with E-state index in [-0.39, 0.29) is 23.1 Å². The summed E-state index contributed by atoms with van der Waals surface area (Å²) in [6, 6.07) is 12.0. The monoisotopic (exact) mass is 420 g/mol. The molecule has 4 N–H and O–H groups in total. The van der Waals surface area contributed by atoms with Crippen LogP contribution in [0.2, 0.25) is 0 Å². The van der Waals surface area contributed by atoms with Crippen LogP contribution in [0.3, 0.4) is 0 Å². The van der Waals surface area contributed by atoms with Crippen molar-refractivity contribution in [3.05, 3.63) is 69.8 Å². The summed E-state index contributed by atoms with van der Waals surface area (Å²) >= 11 is 0. The number of likely N-dealkylation sites (N-methyl/N-ethyl adjacent to an activating group) is 1. The van der Waals surface area contributed by atoms with Crippen molar-refractivity contribution >= 4 is 28.3 Å². The molecule has 8 nitrogen and oxygen atoms in total. The fourth-order valence-corrected chi connectivity index (χ4v) is 4.22. The van der Waals surface area contributed by atoms with E-state index in [0.29, 0.717) is 34.4 Å². The van der Waals surface area contributed by atoms with Crippen LogP contribution in [0.1, 0.15) is 37.9 Å². The van der Waals surface area contributed by atoms with Crippen LogP contribution in [0, 0.1) is 0 Å². The van der Waals surface area contributed by atoms with Gasteiger partial charge in [0.05, 0.1) is 5.52 Å². The number of H-pyrrole nitrogens is 1. The Morgan fingerprint density at radius 2 is 1.87 bits per heavy atom. The number of nitrogens with one attached hydrogen (secondary N) is 2. The molecule has 0 spiro atoms. The number of aromatic nitrogens is 2. The summed E-state index contributed by atoms with van der Waals surface area (Å²) < 4.78 is 7.82. The third-order valence-electron chi connectivity index (χ3n) is 5.41. The molecule has 1 aromatic heterocycles. The van der Waals surface area contributed by atoms with E-state index in [2.05, 4.69) is 10.3 Å². The molecule has 2 heterocycles. The molecule has 0 fully saturated rings. The molecule has 0 aliphatic carbocycles. The van der Waals surface area contributed by atoms with Crippen molar-refractivity contribution in [2.45, 2.75) is 32.9 Å². The molecule has 1 aliphatic heterocycles. The Hall–Kier alpha value is -3.81. The quantitative estimate of drug-likeness (QED) is 0.546. The fourth-order valence-electron chi connectivity index (χ4n) is 4.22. The number of rotatable bonds is 5. The molecule has 0 saturated heterocycles. The zero-order chi connectivity index (χ0) is 22.3. The smallest absolute Gasteiger partial charge is 0.327 e. The zero-order valence-corrected chi connectivity index (χ0v) is 17.6. The molecule has 3 aromatic rings. The number of aromatic amines is 1. The minimum atomic E-state index is -1.01. The topological polar surface area (TPSA) is 119 Å². The Morgan fingerprint density at radius 1 is 1.16 bits per heavy atom. The van der Waals surface area contributed by atoms with E-state index >= 15 is 0 Å². The number of nitrogens with two attached hydrogens (primary N) is 1. The Bertz CT molecular complexity index is 1270. The molecule has 0 saturated carbocycles. The summed E-state index contributed by atoms with van der Waals surface area (Å²) in [5, 5.41) is 2.79. The predicted molar refractivity (Wildman–Crippen MR) is 118 cm³/mol. The number of ether oxygens (including phenoxy) is 1. The molecule has 160 valence electrons. The number of carbonyl (C=O) groups is 2. The summed E-state index contributed by atoms with van der Waals surface area (Å²) in [5.74, 6) is -0.298. The van der Waals surface area contributed by atoms with Crippen molar-refractivity contribution in [3.63, 3.8) is 0 Å². The molecule has 2 unspecified atom stereocenters. The molecule has 31 heavy (non-hydrogen) atoms. The highest BCUT2D eigenvalue weighted by Gasteiger charge is 2.41. The standard InChI is InChI=1S/C23H24N4O4/c1-4-25-22(29)21-18(14-8-6-5-7-9-14)27-19-16(26-23(27)30)11-10-15(20(19)31-21)17(12(2)24)13(3)28/h5-11,18,21H,4,24H2,1-3H3,(H,25,29)(H,26,30). The lowest BCUT2D eigenvalue weighted by Gasteiger charge is -2.33. The average Bonchev–Trinajstić information content (AvgIpc) is 3.07. The van der Waals surface area contributed by atoms with Crippen LogP contribution in [-0.2, 0) is 9.59 Å². The third kappa shape index (κ3) is 3.30. The van der Waals surface area contributed by atoms with Gasteiger partial charge in [0.25, 0.3) is 5.91 Å². The highest BCUT2D eigenvalue weighted by molar-refractivity contribution is 6.22. The summed E-state index contributed by atoms with van der Waals surface area (Å²) in [6.45, 7) is 5.28. The van der Waals surface area contributed by atoms with E-state index in [0.717, 1.165) is 5.56 Å². The number of allylic oxidation sites excluding steroid dienone is 2. The minimum Gasteiger partial charge on any atom is -0.475 e. The molecule has 2 aromatic carbocycles. The van der Waals surface area contributed by atoms with E-state index in [1.807, 2.05) is 37.3 Å². The van der Waals surface area contributed by atoms with E-state index in [4.69, 9.17) is 10.5 Å². The maximum Gasteiger partial charge on any atom is 0.327 e.